The lowest BCUT2D eigenvalue weighted by Crippen LogP contribution is -2.27. The van der Waals surface area contributed by atoms with Crippen LogP contribution >= 0.6 is 11.6 Å². The first-order valence-electron chi connectivity index (χ1n) is 10.4. The zero-order valence-corrected chi connectivity index (χ0v) is 19.3. The molecule has 4 rings (SSSR count). The zero-order valence-electron chi connectivity index (χ0n) is 18.5. The zero-order chi connectivity index (χ0) is 24.1. The van der Waals surface area contributed by atoms with Crippen molar-refractivity contribution in [2.75, 3.05) is 38.0 Å². The highest BCUT2D eigenvalue weighted by Crippen LogP contribution is 2.30. The molecule has 4 aromatic rings. The van der Waals surface area contributed by atoms with Crippen LogP contribution in [0.2, 0.25) is 5.02 Å². The van der Waals surface area contributed by atoms with Gasteiger partial charge in [-0.3, -0.25) is 9.59 Å². The summed E-state index contributed by atoms with van der Waals surface area (Å²) in [7, 11) is 2.98. The fourth-order valence-electron chi connectivity index (χ4n) is 3.38. The maximum absolute atomic E-state index is 13.3. The van der Waals surface area contributed by atoms with E-state index in [0.29, 0.717) is 52.0 Å². The van der Waals surface area contributed by atoms with E-state index in [1.165, 1.54) is 7.11 Å². The number of benzene rings is 2. The quantitative estimate of drug-likeness (QED) is 0.372. The first-order chi connectivity index (χ1) is 16.5. The molecule has 2 aromatic heterocycles. The Balaban J connectivity index is 1.73. The number of carbonyl (C=O) groups excluding carboxylic acids is 1. The number of methoxy groups -OCH3 is 1. The van der Waals surface area contributed by atoms with Crippen molar-refractivity contribution in [1.29, 1.82) is 0 Å². The van der Waals surface area contributed by atoms with E-state index in [-0.39, 0.29) is 11.5 Å². The molecule has 0 unspecified atom stereocenters. The van der Waals surface area contributed by atoms with Crippen LogP contribution in [0.1, 0.15) is 10.4 Å². The van der Waals surface area contributed by atoms with E-state index in [2.05, 4.69) is 20.6 Å². The number of nitrogens with zero attached hydrogens (tertiary/aromatic N) is 3. The molecule has 34 heavy (non-hydrogen) atoms. The van der Waals surface area contributed by atoms with Gasteiger partial charge >= 0.3 is 0 Å². The van der Waals surface area contributed by atoms with Gasteiger partial charge in [-0.15, -0.1) is 4.73 Å². The summed E-state index contributed by atoms with van der Waals surface area (Å²) in [5, 5.41) is 6.77. The van der Waals surface area contributed by atoms with Crippen LogP contribution in [0.3, 0.4) is 0 Å². The fourth-order valence-corrected chi connectivity index (χ4v) is 3.60. The van der Waals surface area contributed by atoms with Crippen molar-refractivity contribution in [3.05, 3.63) is 81.7 Å². The number of ether oxygens (including phenoxy) is 1. The van der Waals surface area contributed by atoms with E-state index in [1.54, 1.807) is 61.8 Å². The van der Waals surface area contributed by atoms with E-state index in [1.807, 2.05) is 6.07 Å². The molecule has 0 bridgehead atoms. The lowest BCUT2D eigenvalue weighted by molar-refractivity contribution is 0.102. The van der Waals surface area contributed by atoms with Gasteiger partial charge in [0.15, 0.2) is 5.65 Å². The first kappa shape index (κ1) is 23.2. The summed E-state index contributed by atoms with van der Waals surface area (Å²) < 4.78 is 6.10. The van der Waals surface area contributed by atoms with Crippen LogP contribution in [-0.4, -0.2) is 48.0 Å². The number of anilines is 2. The van der Waals surface area contributed by atoms with Crippen LogP contribution < -0.4 is 21.0 Å². The van der Waals surface area contributed by atoms with Crippen LogP contribution in [0.15, 0.2) is 65.6 Å². The third-order valence-corrected chi connectivity index (χ3v) is 5.35. The Morgan fingerprint density at radius 2 is 1.88 bits per heavy atom. The standard InChI is InChI=1S/C24H22ClN5O4/c1-33-11-10-26-24-27-14-16-12-19(23(32)30(34-2)21(16)29-24)18-13-17(8-9-20(18)25)28-22(31)15-6-4-3-5-7-15/h3-9,12-14H,10-11H2,1-2H3,(H,28,31)(H,26,27,29). The van der Waals surface area contributed by atoms with E-state index in [9.17, 15) is 9.59 Å². The Morgan fingerprint density at radius 3 is 2.62 bits per heavy atom. The number of pyridine rings is 1. The van der Waals surface area contributed by atoms with Crippen LogP contribution in [-0.2, 0) is 4.74 Å². The van der Waals surface area contributed by atoms with Crippen LogP contribution in [0.5, 0.6) is 0 Å². The molecule has 10 heteroatoms. The van der Waals surface area contributed by atoms with Gasteiger partial charge in [-0.1, -0.05) is 29.8 Å². The van der Waals surface area contributed by atoms with Crippen molar-refractivity contribution in [2.45, 2.75) is 0 Å². The highest BCUT2D eigenvalue weighted by Gasteiger charge is 2.17. The van der Waals surface area contributed by atoms with Gasteiger partial charge < -0.3 is 20.2 Å². The molecule has 0 saturated heterocycles. The summed E-state index contributed by atoms with van der Waals surface area (Å²) in [6.45, 7) is 0.988. The predicted molar refractivity (Wildman–Crippen MR) is 132 cm³/mol. The third-order valence-electron chi connectivity index (χ3n) is 5.03. The Kier molecular flexibility index (Phi) is 7.05. The maximum Gasteiger partial charge on any atom is 0.293 e. The lowest BCUT2D eigenvalue weighted by Gasteiger charge is -2.13. The molecule has 0 radical (unpaired) electrons. The Morgan fingerprint density at radius 1 is 1.09 bits per heavy atom. The second kappa shape index (κ2) is 10.3. The predicted octanol–water partition coefficient (Wildman–Crippen LogP) is 3.48. The Hall–Kier alpha value is -3.95. The smallest absolute Gasteiger partial charge is 0.293 e. The van der Waals surface area contributed by atoms with Gasteiger partial charge in [0, 0.05) is 47.1 Å². The molecule has 0 aliphatic heterocycles. The van der Waals surface area contributed by atoms with Crippen LogP contribution in [0.4, 0.5) is 11.6 Å². The summed E-state index contributed by atoms with van der Waals surface area (Å²) in [6.07, 6.45) is 1.59. The second-order valence-corrected chi connectivity index (χ2v) is 7.65. The maximum atomic E-state index is 13.3. The number of amides is 1. The van der Waals surface area contributed by atoms with Gasteiger partial charge in [0.25, 0.3) is 11.5 Å². The van der Waals surface area contributed by atoms with Gasteiger partial charge in [0.2, 0.25) is 5.95 Å². The van der Waals surface area contributed by atoms with Gasteiger partial charge in [-0.2, -0.15) is 4.98 Å². The van der Waals surface area contributed by atoms with E-state index in [4.69, 9.17) is 21.2 Å². The van der Waals surface area contributed by atoms with Crippen LogP contribution in [0, 0.1) is 0 Å². The topological polar surface area (TPSA) is 107 Å². The fraction of sp³-hybridized carbons (Fsp3) is 0.167. The SMILES string of the molecule is COCCNc1ncc2cc(-c3cc(NC(=O)c4ccccc4)ccc3Cl)c(=O)n(OC)c2n1. The molecule has 0 fully saturated rings. The van der Waals surface area contributed by atoms with E-state index >= 15 is 0 Å². The minimum absolute atomic E-state index is 0.274. The normalized spacial score (nSPS) is 10.8. The van der Waals surface area contributed by atoms with Crippen molar-refractivity contribution >= 4 is 40.2 Å². The van der Waals surface area contributed by atoms with Crippen molar-refractivity contribution in [3.8, 4) is 11.1 Å². The van der Waals surface area contributed by atoms with Crippen molar-refractivity contribution in [3.63, 3.8) is 0 Å². The molecule has 0 atom stereocenters. The molecule has 2 heterocycles. The molecule has 9 nitrogen and oxygen atoms in total. The molecular formula is C24H22ClN5O4. The van der Waals surface area contributed by atoms with E-state index < -0.39 is 5.56 Å². The molecule has 1 amide bonds. The average molecular weight is 480 g/mol. The summed E-state index contributed by atoms with van der Waals surface area (Å²) in [5.41, 5.74) is 1.57. The summed E-state index contributed by atoms with van der Waals surface area (Å²) in [4.78, 5) is 39.9. The second-order valence-electron chi connectivity index (χ2n) is 7.25. The molecule has 0 spiro atoms. The van der Waals surface area contributed by atoms with Gasteiger partial charge in [-0.05, 0) is 36.4 Å². The van der Waals surface area contributed by atoms with E-state index in [0.717, 1.165) is 4.73 Å². The molecule has 0 aliphatic carbocycles. The molecule has 174 valence electrons. The van der Waals surface area contributed by atoms with Gasteiger partial charge in [-0.25, -0.2) is 4.98 Å². The molecule has 2 aromatic carbocycles. The lowest BCUT2D eigenvalue weighted by atomic mass is 10.1. The minimum atomic E-state index is -0.454. The summed E-state index contributed by atoms with van der Waals surface area (Å²) in [5.74, 6) is 0.0646. The van der Waals surface area contributed by atoms with Crippen molar-refractivity contribution in [1.82, 2.24) is 14.7 Å². The van der Waals surface area contributed by atoms with Crippen molar-refractivity contribution < 1.29 is 14.4 Å². The number of aromatic nitrogens is 3. The number of halogens is 1. The van der Waals surface area contributed by atoms with Gasteiger partial charge in [0.05, 0.1) is 12.2 Å². The highest BCUT2D eigenvalue weighted by atomic mass is 35.5. The molecular weight excluding hydrogens is 458 g/mol. The third kappa shape index (κ3) is 4.85. The Labute approximate surface area is 200 Å². The number of carbonyl (C=O) groups is 1. The van der Waals surface area contributed by atoms with Crippen molar-refractivity contribution in [2.24, 2.45) is 0 Å². The number of nitrogens with one attached hydrogen (secondary N) is 2. The first-order valence-corrected chi connectivity index (χ1v) is 10.8. The average Bonchev–Trinajstić information content (AvgIpc) is 2.86. The minimum Gasteiger partial charge on any atom is -0.412 e. The number of fused-ring (bicyclic) bond motifs is 1. The number of hydrogen-bond acceptors (Lipinski definition) is 7. The molecule has 0 saturated carbocycles. The molecule has 0 aliphatic rings. The monoisotopic (exact) mass is 479 g/mol. The number of hydrogen-bond donors (Lipinski definition) is 2. The Bertz CT molecular complexity index is 1390. The molecule has 2 N–H and O–H groups in total. The highest BCUT2D eigenvalue weighted by molar-refractivity contribution is 6.33. The van der Waals surface area contributed by atoms with Gasteiger partial charge in [0.1, 0.15) is 7.11 Å². The number of rotatable bonds is 8. The summed E-state index contributed by atoms with van der Waals surface area (Å²) >= 11 is 6.44. The van der Waals surface area contributed by atoms with Crippen LogP contribution in [0.25, 0.3) is 22.2 Å². The largest absolute Gasteiger partial charge is 0.412 e. The summed E-state index contributed by atoms with van der Waals surface area (Å²) in [6, 6.07) is 15.4.